The third-order valence-corrected chi connectivity index (χ3v) is 4.50. The van der Waals surface area contributed by atoms with Crippen molar-refractivity contribution in [3.8, 4) is 0 Å². The smallest absolute Gasteiger partial charge is 0.193 e. The molecule has 1 saturated heterocycles. The van der Waals surface area contributed by atoms with Crippen LogP contribution in [0.1, 0.15) is 12.0 Å². The van der Waals surface area contributed by atoms with Gasteiger partial charge in [0.25, 0.3) is 0 Å². The number of rotatable bonds is 6. The maximum absolute atomic E-state index is 5.98. The first-order valence-corrected chi connectivity index (χ1v) is 8.68. The van der Waals surface area contributed by atoms with Crippen molar-refractivity contribution in [3.05, 3.63) is 66.2 Å². The molecule has 2 aromatic carbocycles. The molecule has 0 saturated carbocycles. The summed E-state index contributed by atoms with van der Waals surface area (Å²) < 4.78 is 0. The van der Waals surface area contributed by atoms with Gasteiger partial charge in [-0.3, -0.25) is 4.99 Å². The lowest BCUT2D eigenvalue weighted by Crippen LogP contribution is -2.26. The Kier molecular flexibility index (Phi) is 8.21. The Morgan fingerprint density at radius 2 is 1.76 bits per heavy atom. The van der Waals surface area contributed by atoms with Gasteiger partial charge in [-0.05, 0) is 43.0 Å². The van der Waals surface area contributed by atoms with Crippen LogP contribution in [0.15, 0.2) is 65.7 Å². The molecule has 1 atom stereocenters. The molecule has 25 heavy (non-hydrogen) atoms. The van der Waals surface area contributed by atoms with Gasteiger partial charge in [0.2, 0.25) is 0 Å². The highest BCUT2D eigenvalue weighted by Gasteiger charge is 2.21. The van der Waals surface area contributed by atoms with E-state index in [1.54, 1.807) is 0 Å². The van der Waals surface area contributed by atoms with Crippen molar-refractivity contribution >= 4 is 35.6 Å². The van der Waals surface area contributed by atoms with Crippen LogP contribution < -0.4 is 11.1 Å². The van der Waals surface area contributed by atoms with Crippen LogP contribution >= 0.6 is 24.0 Å². The second-order valence-electron chi connectivity index (χ2n) is 6.41. The molecule has 0 radical (unpaired) electrons. The van der Waals surface area contributed by atoms with Crippen molar-refractivity contribution in [2.75, 3.05) is 31.5 Å². The number of hydrogen-bond acceptors (Lipinski definition) is 2. The molecular formula is C20H27IN4. The number of para-hydroxylation sites is 1. The van der Waals surface area contributed by atoms with Crippen molar-refractivity contribution in [2.45, 2.75) is 12.8 Å². The third-order valence-electron chi connectivity index (χ3n) is 4.50. The summed E-state index contributed by atoms with van der Waals surface area (Å²) in [5, 5.41) is 3.14. The molecule has 2 aromatic rings. The van der Waals surface area contributed by atoms with Crippen LogP contribution in [-0.4, -0.2) is 37.0 Å². The molecule has 5 heteroatoms. The normalized spacial score (nSPS) is 17.9. The zero-order chi connectivity index (χ0) is 16.6. The van der Waals surface area contributed by atoms with E-state index >= 15 is 0 Å². The predicted molar refractivity (Wildman–Crippen MR) is 117 cm³/mol. The first-order chi connectivity index (χ1) is 11.8. The zero-order valence-corrected chi connectivity index (χ0v) is 16.8. The molecule has 1 fully saturated rings. The minimum atomic E-state index is 0. The van der Waals surface area contributed by atoms with E-state index in [-0.39, 0.29) is 24.0 Å². The number of nitrogens with one attached hydrogen (secondary N) is 1. The maximum Gasteiger partial charge on any atom is 0.193 e. The van der Waals surface area contributed by atoms with E-state index in [9.17, 15) is 0 Å². The average molecular weight is 450 g/mol. The highest BCUT2D eigenvalue weighted by Crippen LogP contribution is 2.17. The molecular weight excluding hydrogens is 423 g/mol. The highest BCUT2D eigenvalue weighted by atomic mass is 127. The molecule has 1 heterocycles. The molecule has 1 aliphatic heterocycles. The molecule has 0 spiro atoms. The molecule has 0 aromatic heterocycles. The number of halogens is 1. The van der Waals surface area contributed by atoms with Gasteiger partial charge in [-0.1, -0.05) is 48.5 Å². The van der Waals surface area contributed by atoms with E-state index < -0.39 is 0 Å². The minimum absolute atomic E-state index is 0. The van der Waals surface area contributed by atoms with Crippen molar-refractivity contribution in [2.24, 2.45) is 16.6 Å². The summed E-state index contributed by atoms with van der Waals surface area (Å²) in [5.41, 5.74) is 8.37. The fourth-order valence-electron chi connectivity index (χ4n) is 3.13. The molecule has 0 aliphatic carbocycles. The quantitative estimate of drug-likeness (QED) is 0.402. The van der Waals surface area contributed by atoms with Crippen molar-refractivity contribution < 1.29 is 0 Å². The minimum Gasteiger partial charge on any atom is -0.370 e. The summed E-state index contributed by atoms with van der Waals surface area (Å²) in [6.07, 6.45) is 2.32. The molecule has 1 aliphatic rings. The van der Waals surface area contributed by atoms with Crippen LogP contribution in [0.25, 0.3) is 0 Å². The van der Waals surface area contributed by atoms with Gasteiger partial charge in [0, 0.05) is 25.3 Å². The van der Waals surface area contributed by atoms with Crippen LogP contribution in [0.2, 0.25) is 0 Å². The Labute approximate surface area is 167 Å². The Hall–Kier alpha value is -1.60. The second kappa shape index (κ2) is 10.4. The first kappa shape index (κ1) is 19.7. The summed E-state index contributed by atoms with van der Waals surface area (Å²) in [4.78, 5) is 7.05. The molecule has 134 valence electrons. The zero-order valence-electron chi connectivity index (χ0n) is 14.5. The summed E-state index contributed by atoms with van der Waals surface area (Å²) in [6.45, 7) is 4.21. The standard InChI is InChI=1S/C20H26N4.HI/c21-20(23-19-9-5-2-6-10-19)22-15-18-12-14-24(16-18)13-11-17-7-3-1-4-8-17;/h1-10,18H,11-16H2,(H3,21,22,23);1H. The second-order valence-corrected chi connectivity index (χ2v) is 6.41. The molecule has 3 rings (SSSR count). The van der Waals surface area contributed by atoms with E-state index in [4.69, 9.17) is 5.73 Å². The van der Waals surface area contributed by atoms with Gasteiger partial charge in [-0.25, -0.2) is 0 Å². The van der Waals surface area contributed by atoms with Gasteiger partial charge in [-0.15, -0.1) is 24.0 Å². The lowest BCUT2D eigenvalue weighted by molar-refractivity contribution is 0.330. The number of likely N-dealkylation sites (tertiary alicyclic amines) is 1. The molecule has 1 unspecified atom stereocenters. The Morgan fingerprint density at radius 3 is 2.48 bits per heavy atom. The number of anilines is 1. The van der Waals surface area contributed by atoms with E-state index in [1.807, 2.05) is 30.3 Å². The number of benzene rings is 2. The summed E-state index contributed by atoms with van der Waals surface area (Å²) in [5.74, 6) is 1.11. The Morgan fingerprint density at radius 1 is 1.08 bits per heavy atom. The monoisotopic (exact) mass is 450 g/mol. The van der Waals surface area contributed by atoms with Crippen molar-refractivity contribution in [3.63, 3.8) is 0 Å². The predicted octanol–water partition coefficient (Wildman–Crippen LogP) is 3.60. The van der Waals surface area contributed by atoms with Gasteiger partial charge in [0.05, 0.1) is 0 Å². The maximum atomic E-state index is 5.98. The fourth-order valence-corrected chi connectivity index (χ4v) is 3.13. The topological polar surface area (TPSA) is 53.6 Å². The van der Waals surface area contributed by atoms with Gasteiger partial charge >= 0.3 is 0 Å². The average Bonchev–Trinajstić information content (AvgIpc) is 3.08. The SMILES string of the molecule is I.NC(=NCC1CCN(CCc2ccccc2)C1)Nc1ccccc1. The molecule has 4 nitrogen and oxygen atoms in total. The van der Waals surface area contributed by atoms with Gasteiger partial charge in [0.15, 0.2) is 5.96 Å². The van der Waals surface area contributed by atoms with Crippen LogP contribution in [0.4, 0.5) is 5.69 Å². The van der Waals surface area contributed by atoms with Crippen LogP contribution in [0, 0.1) is 5.92 Å². The highest BCUT2D eigenvalue weighted by molar-refractivity contribution is 14.0. The Balaban J connectivity index is 0.00000225. The fraction of sp³-hybridized carbons (Fsp3) is 0.350. The van der Waals surface area contributed by atoms with Crippen molar-refractivity contribution in [1.29, 1.82) is 0 Å². The summed E-state index contributed by atoms with van der Waals surface area (Å²) in [6, 6.07) is 20.6. The lowest BCUT2D eigenvalue weighted by atomic mass is 10.1. The largest absolute Gasteiger partial charge is 0.370 e. The summed E-state index contributed by atoms with van der Waals surface area (Å²) in [7, 11) is 0. The van der Waals surface area contributed by atoms with E-state index in [1.165, 1.54) is 18.5 Å². The van der Waals surface area contributed by atoms with Crippen molar-refractivity contribution in [1.82, 2.24) is 4.90 Å². The van der Waals surface area contributed by atoms with Gasteiger partial charge in [0.1, 0.15) is 0 Å². The van der Waals surface area contributed by atoms with E-state index in [0.29, 0.717) is 11.9 Å². The number of guanidine groups is 1. The number of hydrogen-bond donors (Lipinski definition) is 2. The number of nitrogens with zero attached hydrogens (tertiary/aromatic N) is 2. The first-order valence-electron chi connectivity index (χ1n) is 8.68. The number of nitrogens with two attached hydrogens (primary N) is 1. The van der Waals surface area contributed by atoms with Crippen LogP contribution in [0.5, 0.6) is 0 Å². The van der Waals surface area contributed by atoms with Crippen LogP contribution in [0.3, 0.4) is 0 Å². The molecule has 3 N–H and O–H groups in total. The van der Waals surface area contributed by atoms with Gasteiger partial charge in [-0.2, -0.15) is 0 Å². The third kappa shape index (κ3) is 6.66. The number of aliphatic imine (C=N–C) groups is 1. The van der Waals surface area contributed by atoms with Crippen LogP contribution in [-0.2, 0) is 6.42 Å². The molecule has 0 bridgehead atoms. The van der Waals surface area contributed by atoms with E-state index in [2.05, 4.69) is 45.5 Å². The lowest BCUT2D eigenvalue weighted by Gasteiger charge is -2.15. The summed E-state index contributed by atoms with van der Waals surface area (Å²) >= 11 is 0. The van der Waals surface area contributed by atoms with E-state index in [0.717, 1.165) is 31.7 Å². The molecule has 0 amide bonds. The van der Waals surface area contributed by atoms with Gasteiger partial charge < -0.3 is 16.0 Å². The Bertz CT molecular complexity index is 645.